The number of aryl methyl sites for hydroxylation is 1. The van der Waals surface area contributed by atoms with Crippen LogP contribution in [0.2, 0.25) is 0 Å². The fraction of sp³-hybridized carbons (Fsp3) is 0.125. The SMILES string of the molecule is C=C(Cc1ccc(O)c(O)c1)c1cc(C)ccc1O. The quantitative estimate of drug-likeness (QED) is 0.738. The molecule has 0 heterocycles. The van der Waals surface area contributed by atoms with Gasteiger partial charge < -0.3 is 15.3 Å². The molecule has 0 aliphatic rings. The standard InChI is InChI=1S/C16H16O3/c1-10-3-5-14(17)13(7-10)11(2)8-12-4-6-15(18)16(19)9-12/h3-7,9,17-19H,2,8H2,1H3. The van der Waals surface area contributed by atoms with Gasteiger partial charge in [-0.1, -0.05) is 24.3 Å². The normalized spacial score (nSPS) is 10.4. The fourth-order valence-electron chi connectivity index (χ4n) is 1.95. The van der Waals surface area contributed by atoms with Gasteiger partial charge in [0.25, 0.3) is 0 Å². The molecule has 0 aromatic heterocycles. The van der Waals surface area contributed by atoms with Crippen LogP contribution in [0.25, 0.3) is 5.57 Å². The molecule has 0 amide bonds. The lowest BCUT2D eigenvalue weighted by Crippen LogP contribution is -1.91. The van der Waals surface area contributed by atoms with Gasteiger partial charge >= 0.3 is 0 Å². The fourth-order valence-corrected chi connectivity index (χ4v) is 1.95. The number of hydrogen-bond donors (Lipinski definition) is 3. The van der Waals surface area contributed by atoms with Crippen LogP contribution in [-0.2, 0) is 6.42 Å². The number of rotatable bonds is 3. The molecule has 0 bridgehead atoms. The van der Waals surface area contributed by atoms with Crippen molar-refractivity contribution in [1.82, 2.24) is 0 Å². The Morgan fingerprint density at radius 1 is 0.947 bits per heavy atom. The van der Waals surface area contributed by atoms with Crippen LogP contribution in [0.1, 0.15) is 16.7 Å². The summed E-state index contributed by atoms with van der Waals surface area (Å²) < 4.78 is 0. The Bertz CT molecular complexity index is 630. The summed E-state index contributed by atoms with van der Waals surface area (Å²) in [6, 6.07) is 10.00. The first-order chi connectivity index (χ1) is 8.97. The smallest absolute Gasteiger partial charge is 0.157 e. The number of aromatic hydroxyl groups is 3. The van der Waals surface area contributed by atoms with E-state index in [1.165, 1.54) is 12.1 Å². The topological polar surface area (TPSA) is 60.7 Å². The average molecular weight is 256 g/mol. The van der Waals surface area contributed by atoms with Crippen molar-refractivity contribution >= 4 is 5.57 Å². The van der Waals surface area contributed by atoms with Gasteiger partial charge in [0.05, 0.1) is 0 Å². The van der Waals surface area contributed by atoms with Crippen molar-refractivity contribution in [2.24, 2.45) is 0 Å². The van der Waals surface area contributed by atoms with Crippen LogP contribution in [0.5, 0.6) is 17.2 Å². The molecule has 0 aliphatic heterocycles. The third kappa shape index (κ3) is 2.88. The Balaban J connectivity index is 2.25. The van der Waals surface area contributed by atoms with Crippen LogP contribution in [0, 0.1) is 6.92 Å². The molecule has 3 nitrogen and oxygen atoms in total. The van der Waals surface area contributed by atoms with E-state index in [0.717, 1.165) is 16.7 Å². The molecule has 0 saturated carbocycles. The number of allylic oxidation sites excluding steroid dienone is 1. The Morgan fingerprint density at radius 3 is 2.32 bits per heavy atom. The van der Waals surface area contributed by atoms with Crippen LogP contribution in [-0.4, -0.2) is 15.3 Å². The summed E-state index contributed by atoms with van der Waals surface area (Å²) in [6.45, 7) is 5.92. The molecule has 2 aromatic rings. The Labute approximate surface area is 112 Å². The van der Waals surface area contributed by atoms with E-state index in [-0.39, 0.29) is 17.2 Å². The van der Waals surface area contributed by atoms with E-state index < -0.39 is 0 Å². The Hall–Kier alpha value is -2.42. The second-order valence-corrected chi connectivity index (χ2v) is 4.62. The lowest BCUT2D eigenvalue weighted by Gasteiger charge is -2.10. The van der Waals surface area contributed by atoms with E-state index in [1.54, 1.807) is 12.1 Å². The highest BCUT2D eigenvalue weighted by atomic mass is 16.3. The molecule has 2 aromatic carbocycles. The maximum Gasteiger partial charge on any atom is 0.157 e. The van der Waals surface area contributed by atoms with Crippen molar-refractivity contribution in [3.8, 4) is 17.2 Å². The van der Waals surface area contributed by atoms with Crippen LogP contribution >= 0.6 is 0 Å². The zero-order valence-corrected chi connectivity index (χ0v) is 10.7. The second-order valence-electron chi connectivity index (χ2n) is 4.62. The van der Waals surface area contributed by atoms with Gasteiger partial charge in [-0.2, -0.15) is 0 Å². The third-order valence-electron chi connectivity index (χ3n) is 2.99. The summed E-state index contributed by atoms with van der Waals surface area (Å²) in [4.78, 5) is 0. The molecular formula is C16H16O3. The first-order valence-electron chi connectivity index (χ1n) is 5.96. The van der Waals surface area contributed by atoms with Crippen molar-refractivity contribution in [1.29, 1.82) is 0 Å². The van der Waals surface area contributed by atoms with Gasteiger partial charge in [-0.05, 0) is 48.7 Å². The van der Waals surface area contributed by atoms with Gasteiger partial charge in [0.2, 0.25) is 0 Å². The molecule has 0 radical (unpaired) electrons. The molecule has 2 rings (SSSR count). The molecule has 3 N–H and O–H groups in total. The van der Waals surface area contributed by atoms with E-state index in [0.29, 0.717) is 12.0 Å². The van der Waals surface area contributed by atoms with Crippen molar-refractivity contribution in [3.63, 3.8) is 0 Å². The van der Waals surface area contributed by atoms with Gasteiger partial charge in [-0.3, -0.25) is 0 Å². The molecule has 0 spiro atoms. The molecule has 19 heavy (non-hydrogen) atoms. The van der Waals surface area contributed by atoms with Crippen molar-refractivity contribution < 1.29 is 15.3 Å². The summed E-state index contributed by atoms with van der Waals surface area (Å²) in [5.41, 5.74) is 3.32. The van der Waals surface area contributed by atoms with Gasteiger partial charge in [-0.25, -0.2) is 0 Å². The van der Waals surface area contributed by atoms with Gasteiger partial charge in [-0.15, -0.1) is 0 Å². The predicted molar refractivity (Wildman–Crippen MR) is 75.4 cm³/mol. The Kier molecular flexibility index (Phi) is 3.47. The Morgan fingerprint density at radius 2 is 1.63 bits per heavy atom. The first kappa shape index (κ1) is 13.0. The lowest BCUT2D eigenvalue weighted by molar-refractivity contribution is 0.403. The number of benzene rings is 2. The zero-order chi connectivity index (χ0) is 14.0. The molecule has 0 aliphatic carbocycles. The molecular weight excluding hydrogens is 240 g/mol. The van der Waals surface area contributed by atoms with Crippen molar-refractivity contribution in [2.75, 3.05) is 0 Å². The summed E-state index contributed by atoms with van der Waals surface area (Å²) in [5.74, 6) is -0.106. The van der Waals surface area contributed by atoms with E-state index >= 15 is 0 Å². The summed E-state index contributed by atoms with van der Waals surface area (Å²) >= 11 is 0. The summed E-state index contributed by atoms with van der Waals surface area (Å²) in [6.07, 6.45) is 0.491. The van der Waals surface area contributed by atoms with Gasteiger partial charge in [0.15, 0.2) is 11.5 Å². The van der Waals surface area contributed by atoms with E-state index in [2.05, 4.69) is 6.58 Å². The minimum Gasteiger partial charge on any atom is -0.507 e. The van der Waals surface area contributed by atoms with Gasteiger partial charge in [0.1, 0.15) is 5.75 Å². The molecule has 0 fully saturated rings. The monoisotopic (exact) mass is 256 g/mol. The van der Waals surface area contributed by atoms with Crippen LogP contribution in [0.4, 0.5) is 0 Å². The predicted octanol–water partition coefficient (Wildman–Crippen LogP) is 3.37. The molecule has 0 unspecified atom stereocenters. The highest BCUT2D eigenvalue weighted by Gasteiger charge is 2.08. The van der Waals surface area contributed by atoms with Crippen LogP contribution in [0.3, 0.4) is 0 Å². The maximum absolute atomic E-state index is 9.83. The second kappa shape index (κ2) is 5.06. The van der Waals surface area contributed by atoms with Crippen LogP contribution < -0.4 is 0 Å². The third-order valence-corrected chi connectivity index (χ3v) is 2.99. The minimum absolute atomic E-state index is 0.146. The molecule has 0 saturated heterocycles. The van der Waals surface area contributed by atoms with Crippen LogP contribution in [0.15, 0.2) is 43.0 Å². The number of phenols is 3. The highest BCUT2D eigenvalue weighted by molar-refractivity contribution is 5.71. The number of hydrogen-bond acceptors (Lipinski definition) is 3. The summed E-state index contributed by atoms with van der Waals surface area (Å²) in [7, 11) is 0. The number of phenolic OH excluding ortho intramolecular Hbond substituents is 3. The van der Waals surface area contributed by atoms with E-state index in [4.69, 9.17) is 0 Å². The highest BCUT2D eigenvalue weighted by Crippen LogP contribution is 2.30. The van der Waals surface area contributed by atoms with Crippen molar-refractivity contribution in [2.45, 2.75) is 13.3 Å². The lowest BCUT2D eigenvalue weighted by atomic mass is 9.97. The van der Waals surface area contributed by atoms with Gasteiger partial charge in [0, 0.05) is 5.56 Å². The zero-order valence-electron chi connectivity index (χ0n) is 10.7. The van der Waals surface area contributed by atoms with E-state index in [9.17, 15) is 15.3 Å². The maximum atomic E-state index is 9.83. The minimum atomic E-state index is -0.154. The van der Waals surface area contributed by atoms with E-state index in [1.807, 2.05) is 19.1 Å². The average Bonchev–Trinajstić information content (AvgIpc) is 2.36. The largest absolute Gasteiger partial charge is 0.507 e. The molecule has 3 heteroatoms. The summed E-state index contributed by atoms with van der Waals surface area (Å²) in [5, 5.41) is 28.5. The molecule has 98 valence electrons. The molecule has 0 atom stereocenters. The van der Waals surface area contributed by atoms with Crippen molar-refractivity contribution in [3.05, 3.63) is 59.7 Å². The first-order valence-corrected chi connectivity index (χ1v) is 5.96.